The smallest absolute Gasteiger partial charge is 0.249 e. The zero-order valence-corrected chi connectivity index (χ0v) is 10.5. The second-order valence-corrected chi connectivity index (χ2v) is 5.46. The van der Waals surface area contributed by atoms with Gasteiger partial charge >= 0.3 is 0 Å². The average Bonchev–Trinajstić information content (AvgIpc) is 2.24. The first-order chi connectivity index (χ1) is 8.14. The predicted octanol–water partition coefficient (Wildman–Crippen LogP) is -1.13. The Labute approximate surface area is 108 Å². The van der Waals surface area contributed by atoms with E-state index in [4.69, 9.17) is 22.5 Å². The van der Waals surface area contributed by atoms with Crippen LogP contribution in [0.5, 0.6) is 0 Å². The quantitative estimate of drug-likeness (QED) is 0.555. The van der Waals surface area contributed by atoms with Gasteiger partial charge in [0.2, 0.25) is 15.9 Å². The van der Waals surface area contributed by atoms with Crippen molar-refractivity contribution in [3.8, 4) is 0 Å². The number of benzene rings is 1. The first-order valence-corrected chi connectivity index (χ1v) is 6.54. The van der Waals surface area contributed by atoms with E-state index in [0.717, 1.165) is 12.1 Å². The van der Waals surface area contributed by atoms with Gasteiger partial charge in [0.15, 0.2) is 6.10 Å². The lowest BCUT2D eigenvalue weighted by molar-refractivity contribution is -0.131. The molecule has 0 aliphatic rings. The lowest BCUT2D eigenvalue weighted by Crippen LogP contribution is -2.33. The molecule has 0 fully saturated rings. The summed E-state index contributed by atoms with van der Waals surface area (Å²) >= 11 is 5.67. The summed E-state index contributed by atoms with van der Waals surface area (Å²) in [5.74, 6) is -1.12. The maximum atomic E-state index is 11.1. The lowest BCUT2D eigenvalue weighted by Gasteiger charge is -2.15. The molecule has 0 spiro atoms. The second-order valence-electron chi connectivity index (χ2n) is 3.53. The van der Waals surface area contributed by atoms with Gasteiger partial charge in [-0.3, -0.25) is 4.79 Å². The van der Waals surface area contributed by atoms with Crippen LogP contribution >= 0.6 is 11.6 Å². The van der Waals surface area contributed by atoms with E-state index in [1.54, 1.807) is 0 Å². The summed E-state index contributed by atoms with van der Waals surface area (Å²) in [5, 5.41) is 23.5. The van der Waals surface area contributed by atoms with Gasteiger partial charge < -0.3 is 15.9 Å². The summed E-state index contributed by atoms with van der Waals surface area (Å²) in [6, 6.07) is 3.31. The van der Waals surface area contributed by atoms with Gasteiger partial charge in [-0.25, -0.2) is 13.6 Å². The number of aliphatic hydroxyl groups is 2. The van der Waals surface area contributed by atoms with Crippen LogP contribution in [0.4, 0.5) is 0 Å². The molecule has 0 saturated carbocycles. The molecular formula is C9H11ClN2O5S. The third kappa shape index (κ3) is 3.18. The molecule has 2 unspecified atom stereocenters. The molecule has 100 valence electrons. The number of carbonyl (C=O) groups is 1. The molecule has 7 nitrogen and oxygen atoms in total. The third-order valence-corrected chi connectivity index (χ3v) is 3.59. The van der Waals surface area contributed by atoms with Gasteiger partial charge in [-0.15, -0.1) is 0 Å². The van der Waals surface area contributed by atoms with Crippen molar-refractivity contribution >= 4 is 27.5 Å². The van der Waals surface area contributed by atoms with Gasteiger partial charge in [0, 0.05) is 0 Å². The summed E-state index contributed by atoms with van der Waals surface area (Å²) in [6.07, 6.45) is -3.42. The van der Waals surface area contributed by atoms with Crippen LogP contribution in [0.2, 0.25) is 5.02 Å². The van der Waals surface area contributed by atoms with Crippen molar-refractivity contribution in [2.24, 2.45) is 10.9 Å². The Morgan fingerprint density at radius 2 is 1.89 bits per heavy atom. The second kappa shape index (κ2) is 5.21. The van der Waals surface area contributed by atoms with Gasteiger partial charge in [0.25, 0.3) is 0 Å². The fourth-order valence-corrected chi connectivity index (χ4v) is 2.37. The molecular weight excluding hydrogens is 284 g/mol. The molecule has 1 aromatic carbocycles. The standard InChI is InChI=1S/C9H11ClN2O5S/c10-5-3-4(7(13)8(14)9(11)15)1-2-6(5)18(12,16)17/h1-3,7-8,13-14H,(H2,11,15)(H2,12,16,17). The number of nitrogens with two attached hydrogens (primary N) is 2. The molecule has 0 bridgehead atoms. The normalized spacial score (nSPS) is 15.1. The number of rotatable bonds is 4. The molecule has 0 radical (unpaired) electrons. The molecule has 1 aromatic rings. The summed E-state index contributed by atoms with van der Waals surface area (Å²) in [4.78, 5) is 10.4. The van der Waals surface area contributed by atoms with Crippen molar-refractivity contribution in [2.45, 2.75) is 17.1 Å². The molecule has 1 amide bonds. The summed E-state index contributed by atoms with van der Waals surface area (Å²) in [5.41, 5.74) is 4.85. The number of primary amides is 1. The number of amides is 1. The minimum Gasteiger partial charge on any atom is -0.385 e. The SMILES string of the molecule is NC(=O)C(O)C(O)c1ccc(S(N)(=O)=O)c(Cl)c1. The van der Waals surface area contributed by atoms with Crippen molar-refractivity contribution in [1.82, 2.24) is 0 Å². The number of sulfonamides is 1. The monoisotopic (exact) mass is 294 g/mol. The Bertz CT molecular complexity index is 574. The number of aliphatic hydroxyl groups excluding tert-OH is 2. The largest absolute Gasteiger partial charge is 0.385 e. The first-order valence-electron chi connectivity index (χ1n) is 4.62. The summed E-state index contributed by atoms with van der Waals surface area (Å²) < 4.78 is 22.2. The van der Waals surface area contributed by atoms with Crippen LogP contribution in [0, 0.1) is 0 Å². The number of hydrogen-bond acceptors (Lipinski definition) is 5. The van der Waals surface area contributed by atoms with Crippen molar-refractivity contribution < 1.29 is 23.4 Å². The van der Waals surface area contributed by atoms with Crippen molar-refractivity contribution in [1.29, 1.82) is 0 Å². The number of halogens is 1. The van der Waals surface area contributed by atoms with Crippen LogP contribution in [0.15, 0.2) is 23.1 Å². The highest BCUT2D eigenvalue weighted by Gasteiger charge is 2.24. The first kappa shape index (κ1) is 14.9. The highest BCUT2D eigenvalue weighted by molar-refractivity contribution is 7.89. The summed E-state index contributed by atoms with van der Waals surface area (Å²) in [6.45, 7) is 0. The topological polar surface area (TPSA) is 144 Å². The van der Waals surface area contributed by atoms with E-state index in [1.165, 1.54) is 6.07 Å². The molecule has 0 aromatic heterocycles. The van der Waals surface area contributed by atoms with Crippen molar-refractivity contribution in [3.05, 3.63) is 28.8 Å². The molecule has 0 heterocycles. The third-order valence-electron chi connectivity index (χ3n) is 2.19. The minimum atomic E-state index is -3.98. The van der Waals surface area contributed by atoms with Crippen LogP contribution in [-0.4, -0.2) is 30.6 Å². The fraction of sp³-hybridized carbons (Fsp3) is 0.222. The Morgan fingerprint density at radius 1 is 1.33 bits per heavy atom. The summed E-state index contributed by atoms with van der Waals surface area (Å²) in [7, 11) is -3.98. The Balaban J connectivity index is 3.16. The zero-order valence-electron chi connectivity index (χ0n) is 8.95. The molecule has 0 aliphatic carbocycles. The molecule has 0 aliphatic heterocycles. The maximum Gasteiger partial charge on any atom is 0.249 e. The Morgan fingerprint density at radius 3 is 2.28 bits per heavy atom. The molecule has 9 heteroatoms. The van der Waals surface area contributed by atoms with Crippen LogP contribution in [-0.2, 0) is 14.8 Å². The van der Waals surface area contributed by atoms with Crippen LogP contribution in [0.1, 0.15) is 11.7 Å². The van der Waals surface area contributed by atoms with Gasteiger partial charge in [0.05, 0.1) is 5.02 Å². The van der Waals surface area contributed by atoms with Crippen molar-refractivity contribution in [2.75, 3.05) is 0 Å². The van der Waals surface area contributed by atoms with Gasteiger partial charge in [-0.1, -0.05) is 17.7 Å². The number of primary sulfonamides is 1. The Hall–Kier alpha value is -1.19. The molecule has 6 N–H and O–H groups in total. The number of carbonyl (C=O) groups excluding carboxylic acids is 1. The highest BCUT2D eigenvalue weighted by Crippen LogP contribution is 2.26. The highest BCUT2D eigenvalue weighted by atomic mass is 35.5. The predicted molar refractivity (Wildman–Crippen MR) is 63.0 cm³/mol. The Kier molecular flexibility index (Phi) is 4.30. The molecule has 0 saturated heterocycles. The molecule has 18 heavy (non-hydrogen) atoms. The van der Waals surface area contributed by atoms with Gasteiger partial charge in [0.1, 0.15) is 11.0 Å². The van der Waals surface area contributed by atoms with E-state index in [0.29, 0.717) is 0 Å². The average molecular weight is 295 g/mol. The van der Waals surface area contributed by atoms with E-state index in [-0.39, 0.29) is 15.5 Å². The maximum absolute atomic E-state index is 11.1. The molecule has 2 atom stereocenters. The van der Waals surface area contributed by atoms with E-state index in [2.05, 4.69) is 0 Å². The van der Waals surface area contributed by atoms with E-state index < -0.39 is 28.1 Å². The van der Waals surface area contributed by atoms with Crippen LogP contribution < -0.4 is 10.9 Å². The van der Waals surface area contributed by atoms with Crippen molar-refractivity contribution in [3.63, 3.8) is 0 Å². The van der Waals surface area contributed by atoms with Gasteiger partial charge in [-0.05, 0) is 17.7 Å². The van der Waals surface area contributed by atoms with Gasteiger partial charge in [-0.2, -0.15) is 0 Å². The zero-order chi connectivity index (χ0) is 14.1. The minimum absolute atomic E-state index is 0.0405. The van der Waals surface area contributed by atoms with Crippen LogP contribution in [0.25, 0.3) is 0 Å². The number of hydrogen-bond donors (Lipinski definition) is 4. The van der Waals surface area contributed by atoms with E-state index >= 15 is 0 Å². The van der Waals surface area contributed by atoms with E-state index in [9.17, 15) is 23.4 Å². The lowest BCUT2D eigenvalue weighted by atomic mass is 10.0. The van der Waals surface area contributed by atoms with E-state index in [1.807, 2.05) is 0 Å². The van der Waals surface area contributed by atoms with Crippen LogP contribution in [0.3, 0.4) is 0 Å². The fourth-order valence-electron chi connectivity index (χ4n) is 1.27. The molecule has 1 rings (SSSR count).